The molecule has 0 aromatic heterocycles. The fraction of sp³-hybridized carbons (Fsp3) is 0.692. The molecule has 8 rings (SSSR count). The first-order valence-corrected chi connectivity index (χ1v) is 12.7. The standard InChI is InChI=1S/C26H38N4O/c1-20-19-26-16-18-29(20)17-8-3-2-5-9-21-12-14-23(15-13-21)30(26)25(31)28-24(26)27-22-10-6-4-7-11-22/h12-15,20,22H,2-11,16-19H2,1H3,(H,27,28,31)/t20-,26+/m0/s1. The van der Waals surface area contributed by atoms with Crippen molar-refractivity contribution in [3.63, 3.8) is 0 Å². The van der Waals surface area contributed by atoms with Crippen LogP contribution in [-0.2, 0) is 6.42 Å². The molecule has 1 saturated carbocycles. The van der Waals surface area contributed by atoms with Crippen LogP contribution in [0.4, 0.5) is 10.5 Å². The Balaban J connectivity index is 1.53. The van der Waals surface area contributed by atoms with E-state index in [4.69, 9.17) is 4.99 Å². The summed E-state index contributed by atoms with van der Waals surface area (Å²) in [4.78, 5) is 23.3. The number of amides is 2. The van der Waals surface area contributed by atoms with Crippen molar-refractivity contribution in [1.29, 1.82) is 0 Å². The molecule has 5 nitrogen and oxygen atoms in total. The Hall–Kier alpha value is -1.88. The molecule has 1 N–H and O–H groups in total. The summed E-state index contributed by atoms with van der Waals surface area (Å²) >= 11 is 0. The van der Waals surface area contributed by atoms with Gasteiger partial charge in [-0.2, -0.15) is 0 Å². The van der Waals surface area contributed by atoms with Crippen molar-refractivity contribution in [2.24, 2.45) is 4.99 Å². The van der Waals surface area contributed by atoms with E-state index in [0.29, 0.717) is 12.1 Å². The zero-order valence-electron chi connectivity index (χ0n) is 19.1. The normalized spacial score (nSPS) is 33.8. The minimum absolute atomic E-state index is 0.00674. The number of carbonyl (C=O) groups is 1. The Morgan fingerprint density at radius 2 is 1.71 bits per heavy atom. The number of nitrogens with one attached hydrogen (secondary N) is 1. The molecule has 6 aliphatic heterocycles. The number of carbonyl (C=O) groups excluding carboxylic acids is 1. The van der Waals surface area contributed by atoms with Gasteiger partial charge in [-0.25, -0.2) is 4.79 Å². The summed E-state index contributed by atoms with van der Waals surface area (Å²) in [7, 11) is 0. The Bertz CT molecular complexity index is 813. The molecule has 6 heterocycles. The highest BCUT2D eigenvalue weighted by molar-refractivity contribution is 6.19. The van der Waals surface area contributed by atoms with Gasteiger partial charge < -0.3 is 4.90 Å². The topological polar surface area (TPSA) is 47.9 Å². The van der Waals surface area contributed by atoms with Crippen LogP contribution in [0.15, 0.2) is 29.3 Å². The van der Waals surface area contributed by atoms with Gasteiger partial charge in [-0.3, -0.25) is 15.2 Å². The van der Waals surface area contributed by atoms with Crippen LogP contribution in [0.2, 0.25) is 0 Å². The first-order valence-electron chi connectivity index (χ1n) is 12.7. The second-order valence-corrected chi connectivity index (χ2v) is 10.2. The van der Waals surface area contributed by atoms with Crippen molar-refractivity contribution >= 4 is 17.6 Å². The summed E-state index contributed by atoms with van der Waals surface area (Å²) < 4.78 is 0. The minimum atomic E-state index is -0.327. The number of piperidine rings is 1. The van der Waals surface area contributed by atoms with Gasteiger partial charge in [0.05, 0.1) is 6.04 Å². The Labute approximate surface area is 187 Å². The van der Waals surface area contributed by atoms with Crippen molar-refractivity contribution in [3.8, 4) is 0 Å². The highest BCUT2D eigenvalue weighted by atomic mass is 16.2. The van der Waals surface area contributed by atoms with Crippen LogP contribution in [0.3, 0.4) is 0 Å². The SMILES string of the molecule is C[C@H]1C[C@@]23CCN1CCCCCCc1ccc(cc1)N2C(=O)NC3=NC1CCCCC1. The molecule has 31 heavy (non-hydrogen) atoms. The number of amidine groups is 1. The molecule has 5 heteroatoms. The molecule has 0 radical (unpaired) electrons. The van der Waals surface area contributed by atoms with Crippen LogP contribution in [0.25, 0.3) is 0 Å². The summed E-state index contributed by atoms with van der Waals surface area (Å²) in [5.74, 6) is 0.948. The van der Waals surface area contributed by atoms with E-state index < -0.39 is 0 Å². The smallest absolute Gasteiger partial charge is 0.300 e. The van der Waals surface area contributed by atoms with Crippen LogP contribution in [0.5, 0.6) is 0 Å². The van der Waals surface area contributed by atoms with Crippen LogP contribution < -0.4 is 10.2 Å². The van der Waals surface area contributed by atoms with Crippen LogP contribution in [-0.4, -0.2) is 47.5 Å². The molecule has 2 saturated heterocycles. The van der Waals surface area contributed by atoms with E-state index in [0.717, 1.165) is 50.2 Å². The molecule has 1 aromatic rings. The molecular weight excluding hydrogens is 384 g/mol. The maximum atomic E-state index is 13.4. The zero-order valence-corrected chi connectivity index (χ0v) is 19.1. The van der Waals surface area contributed by atoms with Crippen molar-refractivity contribution in [2.45, 2.75) is 102 Å². The average molecular weight is 423 g/mol. The predicted octanol–water partition coefficient (Wildman–Crippen LogP) is 5.29. The fourth-order valence-corrected chi connectivity index (χ4v) is 6.31. The quantitative estimate of drug-likeness (QED) is 0.669. The first kappa shape index (κ1) is 21.0. The van der Waals surface area contributed by atoms with Gasteiger partial charge >= 0.3 is 6.03 Å². The number of nitrogens with zero attached hydrogens (tertiary/aromatic N) is 3. The monoisotopic (exact) mass is 422 g/mol. The minimum Gasteiger partial charge on any atom is -0.300 e. The van der Waals surface area contributed by atoms with E-state index in [-0.39, 0.29) is 11.6 Å². The second-order valence-electron chi connectivity index (χ2n) is 10.2. The zero-order chi connectivity index (χ0) is 21.3. The van der Waals surface area contributed by atoms with E-state index in [1.54, 1.807) is 0 Å². The number of hydrogen-bond donors (Lipinski definition) is 1. The number of anilines is 1. The summed E-state index contributed by atoms with van der Waals surface area (Å²) in [6.07, 6.45) is 14.4. The lowest BCUT2D eigenvalue weighted by Crippen LogP contribution is -2.59. The third-order valence-corrected chi connectivity index (χ3v) is 8.11. The van der Waals surface area contributed by atoms with Gasteiger partial charge in [0.25, 0.3) is 0 Å². The summed E-state index contributed by atoms with van der Waals surface area (Å²) in [5.41, 5.74) is 2.07. The van der Waals surface area contributed by atoms with Gasteiger partial charge in [0.1, 0.15) is 11.4 Å². The van der Waals surface area contributed by atoms with E-state index in [9.17, 15) is 4.79 Å². The summed E-state index contributed by atoms with van der Waals surface area (Å²) in [6, 6.07) is 9.60. The van der Waals surface area contributed by atoms with E-state index in [1.807, 2.05) is 0 Å². The maximum absolute atomic E-state index is 13.4. The number of aliphatic imine (C=N–C) groups is 1. The Morgan fingerprint density at radius 1 is 0.968 bits per heavy atom. The average Bonchev–Trinajstić information content (AvgIpc) is 3.02. The lowest BCUT2D eigenvalue weighted by atomic mass is 9.81. The molecule has 168 valence electrons. The second kappa shape index (κ2) is 8.93. The third-order valence-electron chi connectivity index (χ3n) is 8.11. The third kappa shape index (κ3) is 4.13. The molecule has 1 unspecified atom stereocenters. The van der Waals surface area contributed by atoms with E-state index >= 15 is 0 Å². The maximum Gasteiger partial charge on any atom is 0.328 e. The van der Waals surface area contributed by atoms with Gasteiger partial charge in [0, 0.05) is 18.3 Å². The van der Waals surface area contributed by atoms with Gasteiger partial charge in [0.2, 0.25) is 0 Å². The van der Waals surface area contributed by atoms with Crippen molar-refractivity contribution in [1.82, 2.24) is 10.2 Å². The number of aryl methyl sites for hydroxylation is 1. The van der Waals surface area contributed by atoms with Gasteiger partial charge in [-0.15, -0.1) is 0 Å². The predicted molar refractivity (Wildman–Crippen MR) is 127 cm³/mol. The van der Waals surface area contributed by atoms with Crippen molar-refractivity contribution < 1.29 is 4.79 Å². The van der Waals surface area contributed by atoms with Crippen molar-refractivity contribution in [3.05, 3.63) is 29.8 Å². The lowest BCUT2D eigenvalue weighted by Gasteiger charge is -2.47. The van der Waals surface area contributed by atoms with Crippen LogP contribution >= 0.6 is 0 Å². The van der Waals surface area contributed by atoms with Crippen LogP contribution in [0.1, 0.15) is 83.1 Å². The molecule has 2 amide bonds. The fourth-order valence-electron chi connectivity index (χ4n) is 6.31. The highest BCUT2D eigenvalue weighted by Crippen LogP contribution is 2.41. The van der Waals surface area contributed by atoms with E-state index in [2.05, 4.69) is 46.3 Å². The van der Waals surface area contributed by atoms with E-state index in [1.165, 1.54) is 57.1 Å². The highest BCUT2D eigenvalue weighted by Gasteiger charge is 2.54. The molecule has 1 aromatic carbocycles. The Morgan fingerprint density at radius 3 is 2.48 bits per heavy atom. The van der Waals surface area contributed by atoms with Gasteiger partial charge in [0.15, 0.2) is 0 Å². The number of hydrogen-bond acceptors (Lipinski definition) is 3. The largest absolute Gasteiger partial charge is 0.328 e. The molecule has 7 aliphatic rings. The molecule has 3 fully saturated rings. The summed E-state index contributed by atoms with van der Waals surface area (Å²) in [5, 5.41) is 3.25. The van der Waals surface area contributed by atoms with Gasteiger partial charge in [-0.05, 0) is 76.1 Å². The lowest BCUT2D eigenvalue weighted by molar-refractivity contribution is 0.128. The van der Waals surface area contributed by atoms with Crippen LogP contribution in [0, 0.1) is 0 Å². The molecule has 1 aliphatic carbocycles. The molecule has 4 bridgehead atoms. The number of benzene rings is 1. The van der Waals surface area contributed by atoms with Gasteiger partial charge in [-0.1, -0.05) is 44.2 Å². The van der Waals surface area contributed by atoms with Crippen molar-refractivity contribution in [2.75, 3.05) is 18.0 Å². The summed E-state index contributed by atoms with van der Waals surface area (Å²) in [6.45, 7) is 4.56. The number of rotatable bonds is 1. The molecule has 1 spiro atoms. The molecular formula is C26H38N4O. The number of urea groups is 1. The molecule has 3 atom stereocenters. The first-order chi connectivity index (χ1) is 15.2. The Kier molecular flexibility index (Phi) is 6.05.